The Morgan fingerprint density at radius 3 is 2.56 bits per heavy atom. The number of nitrogens with one attached hydrogen (secondary N) is 2. The number of aliphatic carboxylic acids is 1. The van der Waals surface area contributed by atoms with E-state index >= 15 is 0 Å². The third-order valence-corrected chi connectivity index (χ3v) is 0.740. The zero-order valence-corrected chi connectivity index (χ0v) is 5.14. The topological polar surface area (TPSA) is 61.4 Å². The molecule has 0 aromatic carbocycles. The predicted molar refractivity (Wildman–Crippen MR) is 32.5 cm³/mol. The van der Waals surface area contributed by atoms with Gasteiger partial charge in [0, 0.05) is 0 Å². The maximum atomic E-state index is 10.1. The molecule has 0 bridgehead atoms. The SMILES string of the molecule is C=[C+]C(NNC)C(=O)O. The normalized spacial score (nSPS) is 12.1. The van der Waals surface area contributed by atoms with Gasteiger partial charge in [-0.25, -0.2) is 4.79 Å². The van der Waals surface area contributed by atoms with Gasteiger partial charge in [-0.3, -0.25) is 5.43 Å². The second kappa shape index (κ2) is 3.97. The minimum absolute atomic E-state index is 0.838. The van der Waals surface area contributed by atoms with E-state index in [-0.39, 0.29) is 0 Å². The maximum Gasteiger partial charge on any atom is 0.380 e. The minimum Gasteiger partial charge on any atom is -0.476 e. The Balaban J connectivity index is 3.68. The van der Waals surface area contributed by atoms with Crippen LogP contribution in [0.2, 0.25) is 0 Å². The molecule has 0 fully saturated rings. The standard InChI is InChI=1S/C5H8N2O2/c1-3-4(5(8)9)7-6-2/h4,6-7H,1H2,2H3/p+1. The lowest BCUT2D eigenvalue weighted by Crippen LogP contribution is -2.42. The molecular weight excluding hydrogens is 120 g/mol. The van der Waals surface area contributed by atoms with Gasteiger partial charge in [-0.15, -0.1) is 0 Å². The Hall–Kier alpha value is -0.960. The molecule has 0 radical (unpaired) electrons. The molecule has 0 aliphatic rings. The number of hydrazine groups is 1. The van der Waals surface area contributed by atoms with Crippen LogP contribution in [-0.4, -0.2) is 24.2 Å². The quantitative estimate of drug-likeness (QED) is 0.342. The van der Waals surface area contributed by atoms with Gasteiger partial charge in [-0.1, -0.05) is 0 Å². The van der Waals surface area contributed by atoms with Crippen molar-refractivity contribution in [2.24, 2.45) is 0 Å². The van der Waals surface area contributed by atoms with E-state index in [0.29, 0.717) is 0 Å². The van der Waals surface area contributed by atoms with Gasteiger partial charge in [-0.05, 0) is 7.05 Å². The fourth-order valence-electron chi connectivity index (χ4n) is 0.344. The predicted octanol–water partition coefficient (Wildman–Crippen LogP) is -0.847. The van der Waals surface area contributed by atoms with Gasteiger partial charge in [0.2, 0.25) is 6.08 Å². The van der Waals surface area contributed by atoms with Crippen LogP contribution in [0.15, 0.2) is 6.58 Å². The summed E-state index contributed by atoms with van der Waals surface area (Å²) in [6.07, 6.45) is 2.28. The number of carbonyl (C=O) groups is 1. The maximum absolute atomic E-state index is 10.1. The minimum atomic E-state index is -1.00. The first-order valence-electron chi connectivity index (χ1n) is 2.40. The molecule has 50 valence electrons. The average molecular weight is 129 g/mol. The fraction of sp³-hybridized carbons (Fsp3) is 0.400. The van der Waals surface area contributed by atoms with E-state index < -0.39 is 12.0 Å². The second-order valence-electron chi connectivity index (χ2n) is 1.37. The summed E-state index contributed by atoms with van der Waals surface area (Å²) in [5.41, 5.74) is 4.88. The van der Waals surface area contributed by atoms with Gasteiger partial charge in [0.15, 0.2) is 0 Å². The molecule has 1 atom stereocenters. The van der Waals surface area contributed by atoms with Gasteiger partial charge in [0.05, 0.1) is 0 Å². The lowest BCUT2D eigenvalue weighted by molar-refractivity contribution is -0.138. The van der Waals surface area contributed by atoms with Crippen molar-refractivity contribution in [1.82, 2.24) is 10.9 Å². The highest BCUT2D eigenvalue weighted by Gasteiger charge is 2.22. The number of carboxylic acid groups (broad SMARTS) is 1. The monoisotopic (exact) mass is 129 g/mol. The van der Waals surface area contributed by atoms with E-state index in [1.807, 2.05) is 0 Å². The van der Waals surface area contributed by atoms with E-state index in [4.69, 9.17) is 5.11 Å². The first-order valence-corrected chi connectivity index (χ1v) is 2.40. The van der Waals surface area contributed by atoms with E-state index in [0.717, 1.165) is 0 Å². The molecule has 0 rings (SSSR count). The van der Waals surface area contributed by atoms with Crippen molar-refractivity contribution in [3.8, 4) is 0 Å². The Morgan fingerprint density at radius 2 is 2.44 bits per heavy atom. The van der Waals surface area contributed by atoms with Crippen molar-refractivity contribution >= 4 is 5.97 Å². The van der Waals surface area contributed by atoms with E-state index in [1.54, 1.807) is 7.05 Å². The summed E-state index contributed by atoms with van der Waals surface area (Å²) in [5, 5.41) is 8.30. The summed E-state index contributed by atoms with van der Waals surface area (Å²) in [4.78, 5) is 10.1. The number of hydrogen-bond donors (Lipinski definition) is 3. The number of carboxylic acids is 1. The summed E-state index contributed by atoms with van der Waals surface area (Å²) in [7, 11) is 1.58. The van der Waals surface area contributed by atoms with Crippen LogP contribution in [0.3, 0.4) is 0 Å². The first kappa shape index (κ1) is 8.04. The van der Waals surface area contributed by atoms with Gasteiger partial charge in [0.1, 0.15) is 6.58 Å². The molecule has 0 heterocycles. The van der Waals surface area contributed by atoms with Gasteiger partial charge < -0.3 is 5.11 Å². The highest BCUT2D eigenvalue weighted by Crippen LogP contribution is 1.78. The van der Waals surface area contributed by atoms with Crippen LogP contribution in [0, 0.1) is 6.08 Å². The van der Waals surface area contributed by atoms with Crippen LogP contribution < -0.4 is 10.9 Å². The van der Waals surface area contributed by atoms with Crippen LogP contribution in [-0.2, 0) is 4.79 Å². The molecule has 0 aliphatic carbocycles. The lowest BCUT2D eigenvalue weighted by atomic mass is 10.3. The Morgan fingerprint density at radius 1 is 1.89 bits per heavy atom. The van der Waals surface area contributed by atoms with Crippen LogP contribution in [0.1, 0.15) is 0 Å². The smallest absolute Gasteiger partial charge is 0.380 e. The highest BCUT2D eigenvalue weighted by molar-refractivity contribution is 5.74. The third kappa shape index (κ3) is 2.77. The largest absolute Gasteiger partial charge is 0.476 e. The van der Waals surface area contributed by atoms with Crippen molar-refractivity contribution in [3.05, 3.63) is 12.7 Å². The molecule has 3 N–H and O–H groups in total. The van der Waals surface area contributed by atoms with Crippen LogP contribution in [0.25, 0.3) is 0 Å². The summed E-state index contributed by atoms with van der Waals surface area (Å²) in [6.45, 7) is 3.19. The van der Waals surface area contributed by atoms with Gasteiger partial charge >= 0.3 is 12.0 Å². The van der Waals surface area contributed by atoms with Crippen LogP contribution >= 0.6 is 0 Å². The molecule has 0 spiro atoms. The zero-order valence-electron chi connectivity index (χ0n) is 5.14. The molecule has 0 aromatic rings. The van der Waals surface area contributed by atoms with Crippen molar-refractivity contribution in [2.45, 2.75) is 6.04 Å². The van der Waals surface area contributed by atoms with Crippen LogP contribution in [0.4, 0.5) is 0 Å². The summed E-state index contributed by atoms with van der Waals surface area (Å²) >= 11 is 0. The molecule has 1 unspecified atom stereocenters. The van der Waals surface area contributed by atoms with E-state index in [2.05, 4.69) is 23.5 Å². The van der Waals surface area contributed by atoms with Crippen molar-refractivity contribution in [1.29, 1.82) is 0 Å². The lowest BCUT2D eigenvalue weighted by Gasteiger charge is -1.96. The molecular formula is C5H9N2O2+. The van der Waals surface area contributed by atoms with Gasteiger partial charge in [0.25, 0.3) is 0 Å². The summed E-state index contributed by atoms with van der Waals surface area (Å²) in [5.74, 6) is -1.00. The molecule has 9 heavy (non-hydrogen) atoms. The van der Waals surface area contributed by atoms with Crippen LogP contribution in [0.5, 0.6) is 0 Å². The molecule has 4 heteroatoms. The van der Waals surface area contributed by atoms with E-state index in [9.17, 15) is 4.79 Å². The van der Waals surface area contributed by atoms with Crippen molar-refractivity contribution < 1.29 is 9.90 Å². The highest BCUT2D eigenvalue weighted by atomic mass is 16.4. The zero-order chi connectivity index (χ0) is 7.28. The summed E-state index contributed by atoms with van der Waals surface area (Å²) in [6, 6.07) is -0.838. The Labute approximate surface area is 53.5 Å². The molecule has 4 nitrogen and oxygen atoms in total. The van der Waals surface area contributed by atoms with Gasteiger partial charge in [-0.2, -0.15) is 5.43 Å². The van der Waals surface area contributed by atoms with Crippen molar-refractivity contribution in [2.75, 3.05) is 7.05 Å². The fourth-order valence-corrected chi connectivity index (χ4v) is 0.344. The first-order chi connectivity index (χ1) is 4.22. The molecule has 0 aromatic heterocycles. The molecule has 0 saturated heterocycles. The Kier molecular flexibility index (Phi) is 3.55. The third-order valence-electron chi connectivity index (χ3n) is 0.740. The number of rotatable bonds is 4. The van der Waals surface area contributed by atoms with Crippen molar-refractivity contribution in [3.63, 3.8) is 0 Å². The molecule has 0 amide bonds. The summed E-state index contributed by atoms with van der Waals surface area (Å²) < 4.78 is 0. The number of hydrogen-bond acceptors (Lipinski definition) is 3. The van der Waals surface area contributed by atoms with E-state index in [1.165, 1.54) is 0 Å². The average Bonchev–Trinajstić information content (AvgIpc) is 1.82. The molecule has 0 saturated carbocycles. The Bertz CT molecular complexity index is 114. The molecule has 0 aliphatic heterocycles. The second-order valence-corrected chi connectivity index (χ2v) is 1.37.